The molecule has 1 atom stereocenters. The first kappa shape index (κ1) is 6.45. The summed E-state index contributed by atoms with van der Waals surface area (Å²) in [7, 11) is 0. The van der Waals surface area contributed by atoms with E-state index in [1.165, 1.54) is 0 Å². The number of hydrogen-bond donors (Lipinski definition) is 0. The van der Waals surface area contributed by atoms with E-state index in [4.69, 9.17) is 16.9 Å². The average molecular weight is 118 g/mol. The van der Waals surface area contributed by atoms with Gasteiger partial charge in [0.25, 0.3) is 0 Å². The number of aldehydes is 1. The summed E-state index contributed by atoms with van der Waals surface area (Å²) in [6.07, 6.45) is 0.535. The summed E-state index contributed by atoms with van der Waals surface area (Å²) in [5, 5.41) is 7.96. The zero-order chi connectivity index (χ0) is 5.70. The summed E-state index contributed by atoms with van der Waals surface area (Å²) in [5.41, 5.74) is 0. The largest absolute Gasteiger partial charge is 0.302 e. The molecule has 0 spiro atoms. The summed E-state index contributed by atoms with van der Waals surface area (Å²) in [6.45, 7) is 0. The van der Waals surface area contributed by atoms with Gasteiger partial charge in [0.05, 0.1) is 6.07 Å². The Morgan fingerprint density at radius 1 is 2.00 bits per heavy atom. The zero-order valence-electron chi connectivity index (χ0n) is 3.60. The lowest BCUT2D eigenvalue weighted by Gasteiger charge is -1.84. The normalized spacial score (nSPS) is 12.0. The van der Waals surface area contributed by atoms with Crippen LogP contribution in [-0.2, 0) is 4.79 Å². The van der Waals surface area contributed by atoms with Crippen LogP contribution in [0.3, 0.4) is 0 Å². The molecule has 0 aromatic heterocycles. The van der Waals surface area contributed by atoms with E-state index < -0.39 is 5.92 Å². The highest BCUT2D eigenvalue weighted by atomic mass is 35.5. The molecule has 0 aliphatic carbocycles. The molecule has 0 radical (unpaired) electrons. The van der Waals surface area contributed by atoms with Gasteiger partial charge in [-0.1, -0.05) is 0 Å². The average Bonchev–Trinajstić information content (AvgIpc) is 1.72. The minimum absolute atomic E-state index is 0.0972. The Labute approximate surface area is 46.7 Å². The molecule has 7 heavy (non-hydrogen) atoms. The van der Waals surface area contributed by atoms with E-state index in [0.717, 1.165) is 0 Å². The SMILES string of the molecule is N#CC(C=O)CCl. The summed E-state index contributed by atoms with van der Waals surface area (Å²) in [6, 6.07) is 1.70. The Kier molecular flexibility index (Phi) is 3.35. The molecule has 1 unspecified atom stereocenters. The predicted octanol–water partition coefficient (Wildman–Crippen LogP) is 0.564. The van der Waals surface area contributed by atoms with E-state index >= 15 is 0 Å². The Bertz CT molecular complexity index is 96.4. The molecule has 0 aromatic carbocycles. The van der Waals surface area contributed by atoms with E-state index in [-0.39, 0.29) is 5.88 Å². The minimum Gasteiger partial charge on any atom is -0.302 e. The van der Waals surface area contributed by atoms with Crippen LogP contribution in [0.25, 0.3) is 0 Å². The summed E-state index contributed by atoms with van der Waals surface area (Å²) in [5.74, 6) is -0.526. The number of halogens is 1. The van der Waals surface area contributed by atoms with Crippen molar-refractivity contribution in [2.24, 2.45) is 5.92 Å². The highest BCUT2D eigenvalue weighted by molar-refractivity contribution is 6.19. The highest BCUT2D eigenvalue weighted by Gasteiger charge is 1.99. The molecule has 0 saturated heterocycles. The van der Waals surface area contributed by atoms with Crippen LogP contribution in [0.1, 0.15) is 0 Å². The van der Waals surface area contributed by atoms with Crippen molar-refractivity contribution >= 4 is 17.9 Å². The number of alkyl halides is 1. The third-order valence-electron chi connectivity index (χ3n) is 0.496. The molecule has 38 valence electrons. The zero-order valence-corrected chi connectivity index (χ0v) is 4.35. The fraction of sp³-hybridized carbons (Fsp3) is 0.500. The molecule has 3 heteroatoms. The molecule has 0 heterocycles. The van der Waals surface area contributed by atoms with Crippen LogP contribution in [-0.4, -0.2) is 12.2 Å². The van der Waals surface area contributed by atoms with Crippen LogP contribution in [0.2, 0.25) is 0 Å². The second-order valence-electron chi connectivity index (χ2n) is 1.03. The van der Waals surface area contributed by atoms with Gasteiger partial charge in [-0.2, -0.15) is 5.26 Å². The maximum absolute atomic E-state index is 9.66. The molecule has 0 aliphatic rings. The van der Waals surface area contributed by atoms with Crippen molar-refractivity contribution in [1.82, 2.24) is 0 Å². The maximum Gasteiger partial charge on any atom is 0.138 e. The van der Waals surface area contributed by atoms with Crippen LogP contribution in [0.5, 0.6) is 0 Å². The van der Waals surface area contributed by atoms with Gasteiger partial charge in [0.1, 0.15) is 12.2 Å². The van der Waals surface area contributed by atoms with E-state index in [9.17, 15) is 4.79 Å². The molecule has 0 fully saturated rings. The number of nitrogens with zero attached hydrogens (tertiary/aromatic N) is 1. The number of hydrogen-bond acceptors (Lipinski definition) is 2. The van der Waals surface area contributed by atoms with E-state index in [0.29, 0.717) is 6.29 Å². The van der Waals surface area contributed by atoms with Gasteiger partial charge in [-0.3, -0.25) is 0 Å². The molecule has 0 N–H and O–H groups in total. The lowest BCUT2D eigenvalue weighted by molar-refractivity contribution is -0.109. The molecular weight excluding hydrogens is 114 g/mol. The van der Waals surface area contributed by atoms with Gasteiger partial charge in [0, 0.05) is 5.88 Å². The smallest absolute Gasteiger partial charge is 0.138 e. The lowest BCUT2D eigenvalue weighted by Crippen LogP contribution is -1.97. The number of rotatable bonds is 2. The van der Waals surface area contributed by atoms with Gasteiger partial charge in [0.15, 0.2) is 0 Å². The Balaban J connectivity index is 3.43. The first-order valence-electron chi connectivity index (χ1n) is 1.76. The van der Waals surface area contributed by atoms with Gasteiger partial charge < -0.3 is 4.79 Å². The van der Waals surface area contributed by atoms with Gasteiger partial charge in [0.2, 0.25) is 0 Å². The van der Waals surface area contributed by atoms with Crippen LogP contribution >= 0.6 is 11.6 Å². The van der Waals surface area contributed by atoms with Crippen molar-refractivity contribution in [3.05, 3.63) is 0 Å². The van der Waals surface area contributed by atoms with Crippen molar-refractivity contribution < 1.29 is 4.79 Å². The standard InChI is InChI=1S/C4H4ClNO/c5-1-4(2-6)3-7/h3-4H,1H2. The molecule has 0 amide bonds. The lowest BCUT2D eigenvalue weighted by atomic mass is 10.2. The fourth-order valence-corrected chi connectivity index (χ4v) is 0.243. The molecule has 2 nitrogen and oxygen atoms in total. The first-order chi connectivity index (χ1) is 3.35. The van der Waals surface area contributed by atoms with Crippen LogP contribution in [0.15, 0.2) is 0 Å². The van der Waals surface area contributed by atoms with Gasteiger partial charge >= 0.3 is 0 Å². The molecule has 0 saturated carbocycles. The Morgan fingerprint density at radius 2 is 2.57 bits per heavy atom. The highest BCUT2D eigenvalue weighted by Crippen LogP contribution is 1.90. The molecule has 0 bridgehead atoms. The number of carbonyl (C=O) groups excluding carboxylic acids is 1. The minimum atomic E-state index is -0.623. The quantitative estimate of drug-likeness (QED) is 0.392. The third kappa shape index (κ3) is 2.18. The molecule has 0 rings (SSSR count). The van der Waals surface area contributed by atoms with Crippen molar-refractivity contribution in [3.63, 3.8) is 0 Å². The van der Waals surface area contributed by atoms with Gasteiger partial charge in [-0.05, 0) is 0 Å². The van der Waals surface area contributed by atoms with Gasteiger partial charge in [-0.25, -0.2) is 0 Å². The van der Waals surface area contributed by atoms with Crippen LogP contribution < -0.4 is 0 Å². The molecular formula is C4H4ClNO. The van der Waals surface area contributed by atoms with E-state index in [2.05, 4.69) is 0 Å². The third-order valence-corrected chi connectivity index (χ3v) is 0.829. The summed E-state index contributed by atoms with van der Waals surface area (Å²) >= 11 is 5.11. The number of carbonyl (C=O) groups is 1. The van der Waals surface area contributed by atoms with Crippen LogP contribution in [0, 0.1) is 17.2 Å². The monoisotopic (exact) mass is 117 g/mol. The van der Waals surface area contributed by atoms with Crippen molar-refractivity contribution in [2.75, 3.05) is 5.88 Å². The summed E-state index contributed by atoms with van der Waals surface area (Å²) < 4.78 is 0. The van der Waals surface area contributed by atoms with Crippen molar-refractivity contribution in [1.29, 1.82) is 5.26 Å². The van der Waals surface area contributed by atoms with E-state index in [1.807, 2.05) is 0 Å². The first-order valence-corrected chi connectivity index (χ1v) is 2.29. The van der Waals surface area contributed by atoms with Crippen molar-refractivity contribution in [3.8, 4) is 6.07 Å². The Morgan fingerprint density at radius 3 is 2.57 bits per heavy atom. The van der Waals surface area contributed by atoms with Crippen molar-refractivity contribution in [2.45, 2.75) is 0 Å². The molecule has 0 aromatic rings. The summed E-state index contributed by atoms with van der Waals surface area (Å²) in [4.78, 5) is 9.66. The maximum atomic E-state index is 9.66. The number of nitriles is 1. The predicted molar refractivity (Wildman–Crippen MR) is 25.9 cm³/mol. The van der Waals surface area contributed by atoms with Gasteiger partial charge in [-0.15, -0.1) is 11.6 Å². The van der Waals surface area contributed by atoms with E-state index in [1.54, 1.807) is 6.07 Å². The second-order valence-corrected chi connectivity index (χ2v) is 1.33. The topological polar surface area (TPSA) is 40.9 Å². The Hall–Kier alpha value is -0.550. The second kappa shape index (κ2) is 3.63. The fourth-order valence-electron chi connectivity index (χ4n) is 0.101. The van der Waals surface area contributed by atoms with Crippen LogP contribution in [0.4, 0.5) is 0 Å². The molecule has 0 aliphatic heterocycles.